The Morgan fingerprint density at radius 1 is 1.53 bits per heavy atom. The lowest BCUT2D eigenvalue weighted by Gasteiger charge is -2.40. The van der Waals surface area contributed by atoms with Crippen LogP contribution in [0.15, 0.2) is 0 Å². The van der Waals surface area contributed by atoms with Crippen LogP contribution in [0.25, 0.3) is 0 Å². The van der Waals surface area contributed by atoms with Crippen molar-refractivity contribution in [2.45, 2.75) is 63.6 Å². The summed E-state index contributed by atoms with van der Waals surface area (Å²) in [5, 5.41) is 3.44. The predicted molar refractivity (Wildman–Crippen MR) is 66.9 cm³/mol. The quantitative estimate of drug-likeness (QED) is 0.749. The molecule has 4 heteroatoms. The van der Waals surface area contributed by atoms with E-state index in [1.54, 1.807) is 7.11 Å². The topological polar surface area (TPSA) is 47.6 Å². The average molecular weight is 243 g/mol. The van der Waals surface area contributed by atoms with Gasteiger partial charge in [0.2, 0.25) is 0 Å². The maximum absolute atomic E-state index is 12.1. The molecule has 0 aromatic rings. The highest BCUT2D eigenvalue weighted by Crippen LogP contribution is 2.31. The van der Waals surface area contributed by atoms with Crippen molar-refractivity contribution in [3.63, 3.8) is 0 Å². The van der Waals surface area contributed by atoms with E-state index in [-0.39, 0.29) is 12.1 Å². The largest absolute Gasteiger partial charge is 0.468 e. The molecule has 1 aliphatic rings. The number of ether oxygens (including phenoxy) is 2. The van der Waals surface area contributed by atoms with Crippen LogP contribution in [0.2, 0.25) is 0 Å². The first-order valence-electron chi connectivity index (χ1n) is 6.47. The van der Waals surface area contributed by atoms with Crippen molar-refractivity contribution in [1.82, 2.24) is 5.32 Å². The first-order chi connectivity index (χ1) is 8.07. The van der Waals surface area contributed by atoms with Gasteiger partial charge in [-0.25, -0.2) is 0 Å². The molecule has 0 heterocycles. The van der Waals surface area contributed by atoms with Crippen LogP contribution >= 0.6 is 0 Å². The minimum absolute atomic E-state index is 0.152. The summed E-state index contributed by atoms with van der Waals surface area (Å²) < 4.78 is 10.4. The molecule has 0 aliphatic heterocycles. The molecule has 3 atom stereocenters. The van der Waals surface area contributed by atoms with Crippen LogP contribution in [0.5, 0.6) is 0 Å². The molecular formula is C13H25NO3. The molecule has 1 N–H and O–H groups in total. The van der Waals surface area contributed by atoms with E-state index in [2.05, 4.69) is 19.2 Å². The van der Waals surface area contributed by atoms with Crippen molar-refractivity contribution in [2.75, 3.05) is 14.2 Å². The fourth-order valence-electron chi connectivity index (χ4n) is 2.57. The third-order valence-corrected chi connectivity index (χ3v) is 3.75. The summed E-state index contributed by atoms with van der Waals surface area (Å²) in [7, 11) is 3.17. The van der Waals surface area contributed by atoms with Gasteiger partial charge in [0.1, 0.15) is 5.54 Å². The highest BCUT2D eigenvalue weighted by molar-refractivity contribution is 5.81. The Labute approximate surface area is 104 Å². The average Bonchev–Trinajstić information content (AvgIpc) is 2.37. The number of carbonyl (C=O) groups is 1. The van der Waals surface area contributed by atoms with E-state index in [1.165, 1.54) is 7.11 Å². The molecule has 0 radical (unpaired) electrons. The monoisotopic (exact) mass is 243 g/mol. The van der Waals surface area contributed by atoms with Gasteiger partial charge in [0.25, 0.3) is 0 Å². The van der Waals surface area contributed by atoms with E-state index in [4.69, 9.17) is 9.47 Å². The summed E-state index contributed by atoms with van der Waals surface area (Å²) in [6.07, 6.45) is 4.72. The summed E-state index contributed by atoms with van der Waals surface area (Å²) in [6.45, 7) is 4.21. The van der Waals surface area contributed by atoms with Crippen molar-refractivity contribution in [3.8, 4) is 0 Å². The lowest BCUT2D eigenvalue weighted by Crippen LogP contribution is -2.59. The number of esters is 1. The SMILES string of the molecule is CCC(C)NC1(C(=O)OC)CCCC(OC)C1. The van der Waals surface area contributed by atoms with Crippen LogP contribution in [0.4, 0.5) is 0 Å². The van der Waals surface area contributed by atoms with E-state index < -0.39 is 5.54 Å². The molecule has 0 aromatic carbocycles. The fraction of sp³-hybridized carbons (Fsp3) is 0.923. The molecule has 3 unspecified atom stereocenters. The second-order valence-corrected chi connectivity index (χ2v) is 4.98. The van der Waals surface area contributed by atoms with E-state index in [0.29, 0.717) is 12.5 Å². The van der Waals surface area contributed by atoms with E-state index in [1.807, 2.05) is 0 Å². The molecule has 0 amide bonds. The number of hydrogen-bond acceptors (Lipinski definition) is 4. The molecule has 0 spiro atoms. The van der Waals surface area contributed by atoms with Crippen LogP contribution in [0.3, 0.4) is 0 Å². The van der Waals surface area contributed by atoms with Gasteiger partial charge in [-0.15, -0.1) is 0 Å². The van der Waals surface area contributed by atoms with Crippen molar-refractivity contribution in [2.24, 2.45) is 0 Å². The third-order valence-electron chi connectivity index (χ3n) is 3.75. The summed E-state index contributed by atoms with van der Waals surface area (Å²) in [4.78, 5) is 12.1. The van der Waals surface area contributed by atoms with Gasteiger partial charge in [-0.3, -0.25) is 10.1 Å². The molecule has 0 saturated heterocycles. The second kappa shape index (κ2) is 6.36. The molecule has 1 fully saturated rings. The molecule has 100 valence electrons. The summed E-state index contributed by atoms with van der Waals surface area (Å²) in [5.74, 6) is -0.153. The standard InChI is InChI=1S/C13H25NO3/c1-5-10(2)14-13(12(15)17-4)8-6-7-11(9-13)16-3/h10-11,14H,5-9H2,1-4H3. The smallest absolute Gasteiger partial charge is 0.326 e. The second-order valence-electron chi connectivity index (χ2n) is 4.98. The number of methoxy groups -OCH3 is 2. The fourth-order valence-corrected chi connectivity index (χ4v) is 2.57. The number of rotatable bonds is 5. The Kier molecular flexibility index (Phi) is 5.40. The van der Waals surface area contributed by atoms with Crippen molar-refractivity contribution in [3.05, 3.63) is 0 Å². The first kappa shape index (κ1) is 14.5. The van der Waals surface area contributed by atoms with Crippen LogP contribution in [-0.2, 0) is 14.3 Å². The number of nitrogens with one attached hydrogen (secondary N) is 1. The Bertz CT molecular complexity index is 253. The van der Waals surface area contributed by atoms with E-state index in [9.17, 15) is 4.79 Å². The van der Waals surface area contributed by atoms with Crippen molar-refractivity contribution in [1.29, 1.82) is 0 Å². The Morgan fingerprint density at radius 2 is 2.24 bits per heavy atom. The highest BCUT2D eigenvalue weighted by Gasteiger charge is 2.44. The van der Waals surface area contributed by atoms with Crippen molar-refractivity contribution < 1.29 is 14.3 Å². The van der Waals surface area contributed by atoms with Crippen LogP contribution < -0.4 is 5.32 Å². The lowest BCUT2D eigenvalue weighted by atomic mass is 9.79. The third kappa shape index (κ3) is 3.42. The lowest BCUT2D eigenvalue weighted by molar-refractivity contribution is -0.153. The summed E-state index contributed by atoms with van der Waals surface area (Å²) >= 11 is 0. The maximum Gasteiger partial charge on any atom is 0.326 e. The summed E-state index contributed by atoms with van der Waals surface area (Å²) in [6, 6.07) is 0.310. The van der Waals surface area contributed by atoms with Gasteiger partial charge in [-0.1, -0.05) is 6.92 Å². The summed E-state index contributed by atoms with van der Waals surface area (Å²) in [5.41, 5.74) is -0.552. The van der Waals surface area contributed by atoms with Crippen LogP contribution in [-0.4, -0.2) is 37.9 Å². The molecule has 0 aromatic heterocycles. The van der Waals surface area contributed by atoms with Gasteiger partial charge in [0.15, 0.2) is 0 Å². The Morgan fingerprint density at radius 3 is 2.76 bits per heavy atom. The van der Waals surface area contributed by atoms with Gasteiger partial charge < -0.3 is 9.47 Å². The predicted octanol–water partition coefficient (Wildman–Crippen LogP) is 1.88. The number of hydrogen-bond donors (Lipinski definition) is 1. The molecule has 1 aliphatic carbocycles. The molecule has 4 nitrogen and oxygen atoms in total. The van der Waals surface area contributed by atoms with Gasteiger partial charge in [0, 0.05) is 19.6 Å². The Balaban J connectivity index is 2.81. The van der Waals surface area contributed by atoms with E-state index in [0.717, 1.165) is 25.7 Å². The zero-order chi connectivity index (χ0) is 12.9. The molecule has 1 rings (SSSR count). The zero-order valence-electron chi connectivity index (χ0n) is 11.4. The molecular weight excluding hydrogens is 218 g/mol. The minimum atomic E-state index is -0.552. The maximum atomic E-state index is 12.1. The van der Waals surface area contributed by atoms with Crippen LogP contribution in [0.1, 0.15) is 46.0 Å². The molecule has 17 heavy (non-hydrogen) atoms. The first-order valence-corrected chi connectivity index (χ1v) is 6.47. The van der Waals surface area contributed by atoms with Gasteiger partial charge in [-0.2, -0.15) is 0 Å². The van der Waals surface area contributed by atoms with Gasteiger partial charge >= 0.3 is 5.97 Å². The number of carbonyl (C=O) groups excluding carboxylic acids is 1. The Hall–Kier alpha value is -0.610. The van der Waals surface area contributed by atoms with Gasteiger partial charge in [0.05, 0.1) is 13.2 Å². The molecule has 1 saturated carbocycles. The zero-order valence-corrected chi connectivity index (χ0v) is 11.4. The van der Waals surface area contributed by atoms with Crippen molar-refractivity contribution >= 4 is 5.97 Å². The van der Waals surface area contributed by atoms with Crippen LogP contribution in [0, 0.1) is 0 Å². The normalized spacial score (nSPS) is 30.9. The molecule has 0 bridgehead atoms. The minimum Gasteiger partial charge on any atom is -0.468 e. The highest BCUT2D eigenvalue weighted by atomic mass is 16.5. The van der Waals surface area contributed by atoms with E-state index >= 15 is 0 Å². The van der Waals surface area contributed by atoms with Gasteiger partial charge in [-0.05, 0) is 32.6 Å².